The highest BCUT2D eigenvalue weighted by Gasteiger charge is 2.23. The summed E-state index contributed by atoms with van der Waals surface area (Å²) in [7, 11) is 0. The van der Waals surface area contributed by atoms with E-state index >= 15 is 0 Å². The van der Waals surface area contributed by atoms with Gasteiger partial charge in [0, 0.05) is 6.20 Å². The van der Waals surface area contributed by atoms with Gasteiger partial charge >= 0.3 is 5.97 Å². The molecule has 0 radical (unpaired) electrons. The van der Waals surface area contributed by atoms with Crippen LogP contribution >= 0.6 is 0 Å². The average Bonchev–Trinajstić information content (AvgIpc) is 2.65. The molecule has 1 atom stereocenters. The molecule has 0 aliphatic rings. The maximum atomic E-state index is 11.5. The van der Waals surface area contributed by atoms with Crippen molar-refractivity contribution < 1.29 is 14.7 Å². The van der Waals surface area contributed by atoms with E-state index in [0.29, 0.717) is 5.69 Å². The average molecular weight is 210 g/mol. The van der Waals surface area contributed by atoms with E-state index in [4.69, 9.17) is 5.11 Å². The summed E-state index contributed by atoms with van der Waals surface area (Å²) >= 11 is 0. The normalized spacial score (nSPS) is 12.5. The van der Waals surface area contributed by atoms with Gasteiger partial charge in [-0.2, -0.15) is 0 Å². The summed E-state index contributed by atoms with van der Waals surface area (Å²) in [6, 6.07) is 2.41. The third-order valence-electron chi connectivity index (χ3n) is 2.06. The van der Waals surface area contributed by atoms with E-state index in [-0.39, 0.29) is 5.92 Å². The van der Waals surface area contributed by atoms with E-state index in [9.17, 15) is 9.59 Å². The van der Waals surface area contributed by atoms with E-state index in [1.807, 2.05) is 0 Å². The summed E-state index contributed by atoms with van der Waals surface area (Å²) in [5, 5.41) is 11.3. The topological polar surface area (TPSA) is 82.2 Å². The van der Waals surface area contributed by atoms with Gasteiger partial charge in [0.2, 0.25) is 0 Å². The Labute approximate surface area is 87.5 Å². The van der Waals surface area contributed by atoms with Crippen LogP contribution in [0.4, 0.5) is 0 Å². The molecule has 0 saturated carbocycles. The van der Waals surface area contributed by atoms with E-state index in [1.165, 1.54) is 0 Å². The zero-order valence-electron chi connectivity index (χ0n) is 8.65. The largest absolute Gasteiger partial charge is 0.480 e. The summed E-state index contributed by atoms with van der Waals surface area (Å²) in [6.07, 6.45) is 1.61. The highest BCUT2D eigenvalue weighted by molar-refractivity contribution is 5.95. The summed E-state index contributed by atoms with van der Waals surface area (Å²) in [6.45, 7) is 3.49. The Morgan fingerprint density at radius 1 is 1.47 bits per heavy atom. The van der Waals surface area contributed by atoms with E-state index in [2.05, 4.69) is 10.3 Å². The van der Waals surface area contributed by atoms with Crippen molar-refractivity contribution in [2.45, 2.75) is 19.9 Å². The molecule has 0 unspecified atom stereocenters. The smallest absolute Gasteiger partial charge is 0.326 e. The molecule has 1 aromatic heterocycles. The number of hydrogen-bond donors (Lipinski definition) is 3. The number of carboxylic acid groups (broad SMARTS) is 1. The van der Waals surface area contributed by atoms with Gasteiger partial charge in [0.1, 0.15) is 11.7 Å². The van der Waals surface area contributed by atoms with E-state index in [0.717, 1.165) is 0 Å². The quantitative estimate of drug-likeness (QED) is 0.689. The number of aromatic nitrogens is 1. The van der Waals surface area contributed by atoms with Crippen LogP contribution in [0.2, 0.25) is 0 Å². The molecule has 0 bridgehead atoms. The summed E-state index contributed by atoms with van der Waals surface area (Å²) in [4.78, 5) is 25.1. The Balaban J connectivity index is 2.67. The predicted octanol–water partition coefficient (Wildman–Crippen LogP) is 0.854. The van der Waals surface area contributed by atoms with Crippen LogP contribution in [-0.2, 0) is 4.79 Å². The fourth-order valence-corrected chi connectivity index (χ4v) is 1.20. The molecule has 3 N–H and O–H groups in total. The van der Waals surface area contributed by atoms with Gasteiger partial charge in [-0.1, -0.05) is 13.8 Å². The lowest BCUT2D eigenvalue weighted by atomic mass is 10.0. The van der Waals surface area contributed by atoms with Crippen molar-refractivity contribution in [3.05, 3.63) is 24.0 Å². The lowest BCUT2D eigenvalue weighted by Crippen LogP contribution is -2.44. The van der Waals surface area contributed by atoms with Crippen LogP contribution in [0.15, 0.2) is 18.3 Å². The molecule has 1 heterocycles. The van der Waals surface area contributed by atoms with Crippen LogP contribution in [-0.4, -0.2) is 28.0 Å². The lowest BCUT2D eigenvalue weighted by molar-refractivity contribution is -0.140. The van der Waals surface area contributed by atoms with Crippen LogP contribution in [0.3, 0.4) is 0 Å². The molecular formula is C10H14N2O3. The molecule has 0 aliphatic heterocycles. The monoisotopic (exact) mass is 210 g/mol. The van der Waals surface area contributed by atoms with E-state index in [1.54, 1.807) is 32.2 Å². The number of carboxylic acids is 1. The number of hydrogen-bond acceptors (Lipinski definition) is 2. The van der Waals surface area contributed by atoms with E-state index < -0.39 is 17.9 Å². The number of nitrogens with one attached hydrogen (secondary N) is 2. The predicted molar refractivity (Wildman–Crippen MR) is 54.5 cm³/mol. The number of rotatable bonds is 4. The second-order valence-corrected chi connectivity index (χ2v) is 3.62. The lowest BCUT2D eigenvalue weighted by Gasteiger charge is -2.17. The van der Waals surface area contributed by atoms with Gasteiger partial charge in [-0.25, -0.2) is 4.79 Å². The Morgan fingerprint density at radius 3 is 2.53 bits per heavy atom. The fraction of sp³-hybridized carbons (Fsp3) is 0.400. The summed E-state index contributed by atoms with van der Waals surface area (Å²) in [5.74, 6) is -1.58. The first-order chi connectivity index (χ1) is 7.02. The van der Waals surface area contributed by atoms with Crippen LogP contribution in [0, 0.1) is 5.92 Å². The highest BCUT2D eigenvalue weighted by Crippen LogP contribution is 2.03. The van der Waals surface area contributed by atoms with Crippen molar-refractivity contribution >= 4 is 11.9 Å². The van der Waals surface area contributed by atoms with Crippen LogP contribution in [0.25, 0.3) is 0 Å². The van der Waals surface area contributed by atoms with Crippen molar-refractivity contribution in [1.82, 2.24) is 10.3 Å². The number of carbonyl (C=O) groups is 2. The Kier molecular flexibility index (Phi) is 3.49. The van der Waals surface area contributed by atoms with Gasteiger partial charge in [0.05, 0.1) is 0 Å². The number of H-pyrrole nitrogens is 1. The van der Waals surface area contributed by atoms with Gasteiger partial charge in [0.25, 0.3) is 5.91 Å². The highest BCUT2D eigenvalue weighted by atomic mass is 16.4. The van der Waals surface area contributed by atoms with Gasteiger partial charge in [-0.15, -0.1) is 0 Å². The van der Waals surface area contributed by atoms with Crippen LogP contribution < -0.4 is 5.32 Å². The Hall–Kier alpha value is -1.78. The maximum absolute atomic E-state index is 11.5. The standard InChI is InChI=1S/C10H14N2O3/c1-6(2)8(10(14)15)12-9(13)7-4-3-5-11-7/h3-6,8,11H,1-2H3,(H,12,13)(H,14,15)/t8-/m1/s1. The number of aliphatic carboxylic acids is 1. The molecule has 82 valence electrons. The van der Waals surface area contributed by atoms with Gasteiger partial charge in [-0.3, -0.25) is 4.79 Å². The molecule has 0 saturated heterocycles. The Morgan fingerprint density at radius 2 is 2.13 bits per heavy atom. The van der Waals surface area contributed by atoms with Crippen LogP contribution in [0.1, 0.15) is 24.3 Å². The van der Waals surface area contributed by atoms with Gasteiger partial charge in [0.15, 0.2) is 0 Å². The minimum Gasteiger partial charge on any atom is -0.480 e. The molecule has 0 spiro atoms. The molecule has 5 nitrogen and oxygen atoms in total. The summed E-state index contributed by atoms with van der Waals surface area (Å²) in [5.41, 5.74) is 0.363. The first-order valence-electron chi connectivity index (χ1n) is 4.69. The number of aromatic amines is 1. The third-order valence-corrected chi connectivity index (χ3v) is 2.06. The van der Waals surface area contributed by atoms with Crippen molar-refractivity contribution in [1.29, 1.82) is 0 Å². The van der Waals surface area contributed by atoms with Crippen molar-refractivity contribution in [3.8, 4) is 0 Å². The minimum absolute atomic E-state index is 0.151. The molecule has 5 heteroatoms. The number of amides is 1. The maximum Gasteiger partial charge on any atom is 0.326 e. The molecule has 15 heavy (non-hydrogen) atoms. The SMILES string of the molecule is CC(C)[C@@H](NC(=O)c1ccc[nH]1)C(=O)O. The van der Waals surface area contributed by atoms with Crippen LogP contribution in [0.5, 0.6) is 0 Å². The number of carbonyl (C=O) groups excluding carboxylic acids is 1. The molecule has 0 aromatic carbocycles. The second kappa shape index (κ2) is 4.63. The molecule has 1 rings (SSSR count). The minimum atomic E-state index is -1.02. The zero-order chi connectivity index (χ0) is 11.4. The van der Waals surface area contributed by atoms with Gasteiger partial charge in [-0.05, 0) is 18.1 Å². The zero-order valence-corrected chi connectivity index (χ0v) is 8.65. The first kappa shape index (κ1) is 11.3. The molecular weight excluding hydrogens is 196 g/mol. The molecule has 0 fully saturated rings. The third kappa shape index (κ3) is 2.83. The molecule has 0 aliphatic carbocycles. The van der Waals surface area contributed by atoms with Crippen molar-refractivity contribution in [2.75, 3.05) is 0 Å². The second-order valence-electron chi connectivity index (χ2n) is 3.62. The van der Waals surface area contributed by atoms with Gasteiger partial charge < -0.3 is 15.4 Å². The summed E-state index contributed by atoms with van der Waals surface area (Å²) < 4.78 is 0. The molecule has 1 aromatic rings. The Bertz CT molecular complexity index is 344. The van der Waals surface area contributed by atoms with Crippen molar-refractivity contribution in [2.24, 2.45) is 5.92 Å². The fourth-order valence-electron chi connectivity index (χ4n) is 1.20. The van der Waals surface area contributed by atoms with Crippen molar-refractivity contribution in [3.63, 3.8) is 0 Å². The molecule has 1 amide bonds. The first-order valence-corrected chi connectivity index (χ1v) is 4.69.